The summed E-state index contributed by atoms with van der Waals surface area (Å²) in [7, 11) is 0. The fraction of sp³-hybridized carbons (Fsp3) is 0.600. The zero-order valence-electron chi connectivity index (χ0n) is 15.6. The van der Waals surface area contributed by atoms with Gasteiger partial charge in [-0.15, -0.1) is 0 Å². The van der Waals surface area contributed by atoms with Crippen LogP contribution in [0.4, 0.5) is 0 Å². The average molecular weight is 330 g/mol. The van der Waals surface area contributed by atoms with E-state index in [4.69, 9.17) is 0 Å². The second kappa shape index (κ2) is 7.37. The summed E-state index contributed by atoms with van der Waals surface area (Å²) in [5.41, 5.74) is 3.05. The van der Waals surface area contributed by atoms with Crippen molar-refractivity contribution in [2.45, 2.75) is 59.9 Å². The molecule has 1 aromatic carbocycles. The van der Waals surface area contributed by atoms with E-state index in [0.717, 1.165) is 31.5 Å². The molecule has 0 bridgehead atoms. The van der Waals surface area contributed by atoms with Crippen molar-refractivity contribution in [1.29, 1.82) is 0 Å². The molecule has 0 aliphatic carbocycles. The number of piperidine rings is 1. The van der Waals surface area contributed by atoms with Gasteiger partial charge in [0.1, 0.15) is 0 Å². The predicted molar refractivity (Wildman–Crippen MR) is 97.1 cm³/mol. The van der Waals surface area contributed by atoms with Gasteiger partial charge in [0.15, 0.2) is 0 Å². The number of hydrogen-bond donors (Lipinski definition) is 1. The lowest BCUT2D eigenvalue weighted by atomic mass is 9.91. The number of carbonyl (C=O) groups is 2. The molecule has 2 amide bonds. The predicted octanol–water partition coefficient (Wildman–Crippen LogP) is 3.46. The number of likely N-dealkylation sites (tertiary alicyclic amines) is 1. The van der Waals surface area contributed by atoms with Gasteiger partial charge in [0.25, 0.3) is 5.91 Å². The van der Waals surface area contributed by atoms with Crippen LogP contribution in [0.1, 0.15) is 61.5 Å². The van der Waals surface area contributed by atoms with Crippen molar-refractivity contribution < 1.29 is 9.59 Å². The second-order valence-corrected chi connectivity index (χ2v) is 8.16. The minimum absolute atomic E-state index is 0.0161. The Morgan fingerprint density at radius 2 is 1.75 bits per heavy atom. The summed E-state index contributed by atoms with van der Waals surface area (Å²) < 4.78 is 0. The maximum Gasteiger partial charge on any atom is 0.251 e. The summed E-state index contributed by atoms with van der Waals surface area (Å²) in [4.78, 5) is 26.6. The Hall–Kier alpha value is -1.84. The van der Waals surface area contributed by atoms with Gasteiger partial charge in [0, 0.05) is 31.1 Å². The Balaban J connectivity index is 1.85. The maximum absolute atomic E-state index is 12.4. The molecule has 1 N–H and O–H groups in total. The lowest BCUT2D eigenvalue weighted by Crippen LogP contribution is -2.47. The van der Waals surface area contributed by atoms with Crippen molar-refractivity contribution in [3.05, 3.63) is 34.9 Å². The van der Waals surface area contributed by atoms with E-state index in [1.807, 2.05) is 36.9 Å². The van der Waals surface area contributed by atoms with Gasteiger partial charge in [-0.05, 0) is 55.4 Å². The molecule has 0 unspecified atom stereocenters. The molecule has 0 aromatic heterocycles. The van der Waals surface area contributed by atoms with Gasteiger partial charge in [-0.2, -0.15) is 0 Å². The molecule has 1 heterocycles. The molecule has 1 saturated heterocycles. The number of nitrogens with one attached hydrogen (secondary N) is 1. The smallest absolute Gasteiger partial charge is 0.251 e. The van der Waals surface area contributed by atoms with Crippen molar-refractivity contribution in [1.82, 2.24) is 10.2 Å². The van der Waals surface area contributed by atoms with Gasteiger partial charge in [0.2, 0.25) is 5.91 Å². The van der Waals surface area contributed by atoms with Crippen LogP contribution in [0, 0.1) is 19.3 Å². The van der Waals surface area contributed by atoms with Crippen LogP contribution in [0.25, 0.3) is 0 Å². The minimum atomic E-state index is -0.0161. The van der Waals surface area contributed by atoms with Crippen LogP contribution in [-0.4, -0.2) is 35.8 Å². The third kappa shape index (κ3) is 5.08. The summed E-state index contributed by atoms with van der Waals surface area (Å²) in [5, 5.41) is 3.11. The fourth-order valence-corrected chi connectivity index (χ4v) is 2.99. The summed E-state index contributed by atoms with van der Waals surface area (Å²) in [6.07, 6.45) is 2.23. The lowest BCUT2D eigenvalue weighted by Gasteiger charge is -2.34. The number of nitrogens with zero attached hydrogens (tertiary/aromatic N) is 1. The first kappa shape index (κ1) is 18.5. The van der Waals surface area contributed by atoms with E-state index in [2.05, 4.69) is 26.1 Å². The first-order chi connectivity index (χ1) is 11.2. The van der Waals surface area contributed by atoms with E-state index in [0.29, 0.717) is 12.0 Å². The summed E-state index contributed by atoms with van der Waals surface area (Å²) in [5.74, 6) is 0.207. The molecular formula is C20H30N2O2. The molecule has 0 atom stereocenters. The maximum atomic E-state index is 12.4. The van der Waals surface area contributed by atoms with Crippen LogP contribution < -0.4 is 5.32 Å². The van der Waals surface area contributed by atoms with Gasteiger partial charge < -0.3 is 10.2 Å². The number of benzene rings is 1. The molecule has 0 radical (unpaired) electrons. The van der Waals surface area contributed by atoms with E-state index in [9.17, 15) is 9.59 Å². The zero-order chi connectivity index (χ0) is 17.9. The SMILES string of the molecule is Cc1ccc(C(=O)NC2CCN(C(=O)CC(C)(C)C)CC2)cc1C. The molecule has 0 spiro atoms. The van der Waals surface area contributed by atoms with Crippen molar-refractivity contribution >= 4 is 11.8 Å². The van der Waals surface area contributed by atoms with Gasteiger partial charge in [-0.3, -0.25) is 9.59 Å². The van der Waals surface area contributed by atoms with Crippen LogP contribution >= 0.6 is 0 Å². The summed E-state index contributed by atoms with van der Waals surface area (Å²) in [6, 6.07) is 5.95. The van der Waals surface area contributed by atoms with Crippen molar-refractivity contribution in [2.75, 3.05) is 13.1 Å². The van der Waals surface area contributed by atoms with Crippen molar-refractivity contribution in [3.63, 3.8) is 0 Å². The van der Waals surface area contributed by atoms with E-state index < -0.39 is 0 Å². The van der Waals surface area contributed by atoms with E-state index >= 15 is 0 Å². The Morgan fingerprint density at radius 1 is 1.12 bits per heavy atom. The molecule has 1 fully saturated rings. The molecule has 4 nitrogen and oxygen atoms in total. The van der Waals surface area contributed by atoms with Crippen molar-refractivity contribution in [2.24, 2.45) is 5.41 Å². The zero-order valence-corrected chi connectivity index (χ0v) is 15.6. The Labute approximate surface area is 145 Å². The van der Waals surface area contributed by atoms with Gasteiger partial charge in [-0.25, -0.2) is 0 Å². The standard InChI is InChI=1S/C20H30N2O2/c1-14-6-7-16(12-15(14)2)19(24)21-17-8-10-22(11-9-17)18(23)13-20(3,4)5/h6-7,12,17H,8-11,13H2,1-5H3,(H,21,24). The van der Waals surface area contributed by atoms with Gasteiger partial charge in [-0.1, -0.05) is 26.8 Å². The van der Waals surface area contributed by atoms with Crippen LogP contribution in [0.15, 0.2) is 18.2 Å². The number of hydrogen-bond acceptors (Lipinski definition) is 2. The van der Waals surface area contributed by atoms with Gasteiger partial charge >= 0.3 is 0 Å². The van der Waals surface area contributed by atoms with E-state index in [1.165, 1.54) is 5.56 Å². The first-order valence-electron chi connectivity index (χ1n) is 8.81. The van der Waals surface area contributed by atoms with Crippen LogP contribution in [0.3, 0.4) is 0 Å². The summed E-state index contributed by atoms with van der Waals surface area (Å²) in [6.45, 7) is 11.8. The molecule has 4 heteroatoms. The largest absolute Gasteiger partial charge is 0.349 e. The van der Waals surface area contributed by atoms with Crippen LogP contribution in [0.2, 0.25) is 0 Å². The average Bonchev–Trinajstić information content (AvgIpc) is 2.49. The van der Waals surface area contributed by atoms with Gasteiger partial charge in [0.05, 0.1) is 0 Å². The van der Waals surface area contributed by atoms with Crippen LogP contribution in [-0.2, 0) is 4.79 Å². The molecule has 2 rings (SSSR count). The molecule has 132 valence electrons. The number of carbonyl (C=O) groups excluding carboxylic acids is 2. The van der Waals surface area contributed by atoms with Crippen LogP contribution in [0.5, 0.6) is 0 Å². The van der Waals surface area contributed by atoms with E-state index in [1.54, 1.807) is 0 Å². The molecule has 1 aromatic rings. The number of amides is 2. The molecule has 24 heavy (non-hydrogen) atoms. The van der Waals surface area contributed by atoms with E-state index in [-0.39, 0.29) is 23.3 Å². The molecular weight excluding hydrogens is 300 g/mol. The fourth-order valence-electron chi connectivity index (χ4n) is 2.99. The highest BCUT2D eigenvalue weighted by Crippen LogP contribution is 2.22. The highest BCUT2D eigenvalue weighted by Gasteiger charge is 2.26. The topological polar surface area (TPSA) is 49.4 Å². The highest BCUT2D eigenvalue weighted by atomic mass is 16.2. The first-order valence-corrected chi connectivity index (χ1v) is 8.81. The highest BCUT2D eigenvalue weighted by molar-refractivity contribution is 5.94. The monoisotopic (exact) mass is 330 g/mol. The number of aryl methyl sites for hydroxylation is 2. The second-order valence-electron chi connectivity index (χ2n) is 8.16. The number of rotatable bonds is 3. The Kier molecular flexibility index (Phi) is 5.68. The Morgan fingerprint density at radius 3 is 2.29 bits per heavy atom. The minimum Gasteiger partial charge on any atom is -0.349 e. The third-order valence-electron chi connectivity index (χ3n) is 4.63. The third-order valence-corrected chi connectivity index (χ3v) is 4.63. The molecule has 1 aliphatic rings. The lowest BCUT2D eigenvalue weighted by molar-refractivity contribution is -0.134. The van der Waals surface area contributed by atoms with Crippen molar-refractivity contribution in [3.8, 4) is 0 Å². The quantitative estimate of drug-likeness (QED) is 0.922. The summed E-state index contributed by atoms with van der Waals surface area (Å²) >= 11 is 0. The normalized spacial score (nSPS) is 16.1. The molecule has 0 saturated carbocycles. The Bertz CT molecular complexity index is 609. The molecule has 1 aliphatic heterocycles.